The van der Waals surface area contributed by atoms with Crippen LogP contribution < -0.4 is 14.4 Å². The van der Waals surface area contributed by atoms with E-state index in [2.05, 4.69) is 164 Å². The topological polar surface area (TPSA) is 10.4 Å². The van der Waals surface area contributed by atoms with Gasteiger partial charge in [-0.3, -0.25) is 4.90 Å². The first-order chi connectivity index (χ1) is 20.9. The highest BCUT2D eigenvalue weighted by molar-refractivity contribution is 8.03. The lowest BCUT2D eigenvalue weighted by atomic mass is 10.1. The maximum absolute atomic E-state index is 2.56. The van der Waals surface area contributed by atoms with Gasteiger partial charge in [0.1, 0.15) is 17.7 Å². The second-order valence-corrected chi connectivity index (χ2v) is 13.1. The van der Waals surface area contributed by atoms with Gasteiger partial charge in [-0.05, 0) is 48.9 Å². The molecule has 5 aromatic rings. The van der Waals surface area contributed by atoms with Gasteiger partial charge < -0.3 is 9.38 Å². The third-order valence-corrected chi connectivity index (χ3v) is 9.55. The van der Waals surface area contributed by atoms with Crippen LogP contribution in [0.4, 0.5) is 11.5 Å². The van der Waals surface area contributed by atoms with Crippen molar-refractivity contribution in [3.63, 3.8) is 0 Å². The summed E-state index contributed by atoms with van der Waals surface area (Å²) in [6, 6.07) is 41.6. The van der Waals surface area contributed by atoms with E-state index in [4.69, 9.17) is 0 Å². The van der Waals surface area contributed by atoms with Crippen molar-refractivity contribution in [1.29, 1.82) is 0 Å². The van der Waals surface area contributed by atoms with Gasteiger partial charge in [0.2, 0.25) is 0 Å². The minimum atomic E-state index is 0.938. The molecule has 0 saturated heterocycles. The summed E-state index contributed by atoms with van der Waals surface area (Å²) >= 11 is 1.85. The van der Waals surface area contributed by atoms with Crippen molar-refractivity contribution in [3.05, 3.63) is 131 Å². The van der Waals surface area contributed by atoms with Crippen LogP contribution in [0.5, 0.6) is 0 Å². The molecule has 2 heterocycles. The van der Waals surface area contributed by atoms with Crippen LogP contribution in [0.3, 0.4) is 0 Å². The number of para-hydroxylation sites is 3. The molecule has 0 spiro atoms. The standard InChI is InChI=1S/C38H42N4S/c1-5-40(25-16-26-42(3,4)29-30-17-8-6-9-18-30)37-27-31(28-38-39(2)35-23-14-15-24-36(35)43-38)33-21-12-13-22-34(33)41(37)32-19-10-7-11-20-32/h6-15,17-24,27-28H,5,16,25-26,29H2,1-4H3/q+2. The zero-order valence-electron chi connectivity index (χ0n) is 25.8. The van der Waals surface area contributed by atoms with Gasteiger partial charge >= 0.3 is 0 Å². The highest BCUT2D eigenvalue weighted by Crippen LogP contribution is 2.45. The molecular formula is C38H42N4S+2. The summed E-state index contributed by atoms with van der Waals surface area (Å²) in [5.41, 5.74) is 6.32. The summed E-state index contributed by atoms with van der Waals surface area (Å²) in [5.74, 6) is 1.23. The Kier molecular flexibility index (Phi) is 8.55. The number of pyridine rings is 1. The van der Waals surface area contributed by atoms with Crippen molar-refractivity contribution in [1.82, 2.24) is 0 Å². The first-order valence-corrected chi connectivity index (χ1v) is 16.1. The molecule has 43 heavy (non-hydrogen) atoms. The van der Waals surface area contributed by atoms with Crippen molar-refractivity contribution < 1.29 is 9.05 Å². The molecule has 218 valence electrons. The Morgan fingerprint density at radius 3 is 2.26 bits per heavy atom. The Bertz CT molecular complexity index is 1730. The summed E-state index contributed by atoms with van der Waals surface area (Å²) in [6.45, 7) is 6.37. The van der Waals surface area contributed by atoms with Gasteiger partial charge in [0.25, 0.3) is 5.82 Å². The fraction of sp³-hybridized carbons (Fsp3) is 0.237. The third kappa shape index (κ3) is 6.34. The molecule has 5 heteroatoms. The second kappa shape index (κ2) is 12.7. The monoisotopic (exact) mass is 586 g/mol. The van der Waals surface area contributed by atoms with Crippen LogP contribution in [0.25, 0.3) is 22.7 Å². The van der Waals surface area contributed by atoms with Crippen molar-refractivity contribution in [2.24, 2.45) is 0 Å². The number of quaternary nitrogens is 1. The molecule has 6 rings (SSSR count). The minimum Gasteiger partial charge on any atom is -0.338 e. The second-order valence-electron chi connectivity index (χ2n) is 12.0. The fourth-order valence-corrected chi connectivity index (χ4v) is 7.28. The third-order valence-electron chi connectivity index (χ3n) is 8.39. The first kappa shape index (κ1) is 29.0. The van der Waals surface area contributed by atoms with E-state index in [0.717, 1.165) is 37.1 Å². The Morgan fingerprint density at radius 2 is 1.51 bits per heavy atom. The number of aromatic nitrogens is 1. The molecule has 4 nitrogen and oxygen atoms in total. The van der Waals surface area contributed by atoms with Crippen molar-refractivity contribution in [3.8, 4) is 5.69 Å². The van der Waals surface area contributed by atoms with E-state index in [9.17, 15) is 0 Å². The Labute approximate surface area is 261 Å². The van der Waals surface area contributed by atoms with E-state index in [0.29, 0.717) is 0 Å². The van der Waals surface area contributed by atoms with Gasteiger partial charge in [-0.1, -0.05) is 90.6 Å². The number of thioether (sulfide) groups is 1. The molecular weight excluding hydrogens is 545 g/mol. The van der Waals surface area contributed by atoms with Crippen LogP contribution >= 0.6 is 11.8 Å². The Balaban J connectivity index is 1.38. The van der Waals surface area contributed by atoms with Crippen molar-refractivity contribution in [2.75, 3.05) is 50.6 Å². The van der Waals surface area contributed by atoms with E-state index >= 15 is 0 Å². The van der Waals surface area contributed by atoms with E-state index in [1.54, 1.807) is 0 Å². The molecule has 0 radical (unpaired) electrons. The molecule has 0 bridgehead atoms. The van der Waals surface area contributed by atoms with Crippen LogP contribution in [0, 0.1) is 0 Å². The van der Waals surface area contributed by atoms with Crippen LogP contribution in [0.2, 0.25) is 0 Å². The lowest BCUT2D eigenvalue weighted by Crippen LogP contribution is -2.44. The molecule has 0 N–H and O–H groups in total. The van der Waals surface area contributed by atoms with Gasteiger partial charge in [-0.15, -0.1) is 0 Å². The summed E-state index contributed by atoms with van der Waals surface area (Å²) < 4.78 is 3.42. The highest BCUT2D eigenvalue weighted by Gasteiger charge is 2.27. The Hall–Kier alpha value is -4.06. The zero-order valence-corrected chi connectivity index (χ0v) is 26.6. The van der Waals surface area contributed by atoms with Crippen LogP contribution in [0.15, 0.2) is 125 Å². The molecule has 0 fully saturated rings. The maximum Gasteiger partial charge on any atom is 0.282 e. The fourth-order valence-electron chi connectivity index (χ4n) is 6.18. The van der Waals surface area contributed by atoms with E-state index in [1.807, 2.05) is 11.8 Å². The average Bonchev–Trinajstić information content (AvgIpc) is 3.34. The van der Waals surface area contributed by atoms with E-state index < -0.39 is 0 Å². The van der Waals surface area contributed by atoms with Gasteiger partial charge in [-0.25, -0.2) is 0 Å². The number of nitrogens with zero attached hydrogens (tertiary/aromatic N) is 4. The number of hydrogen-bond donors (Lipinski definition) is 0. The molecule has 0 unspecified atom stereocenters. The van der Waals surface area contributed by atoms with Gasteiger partial charge in [0.05, 0.1) is 44.4 Å². The molecule has 0 aliphatic carbocycles. The SMILES string of the molecule is CCN(CCC[N+](C)(C)Cc1ccccc1)c1cc(/C=C2\Sc3ccccc3N2C)c2ccccc2[n+]1-c1ccccc1. The van der Waals surface area contributed by atoms with Gasteiger partial charge in [0.15, 0.2) is 0 Å². The zero-order chi connectivity index (χ0) is 29.8. The molecule has 1 aliphatic rings. The number of benzene rings is 4. The highest BCUT2D eigenvalue weighted by atomic mass is 32.2. The largest absolute Gasteiger partial charge is 0.338 e. The lowest BCUT2D eigenvalue weighted by Gasteiger charge is -2.30. The quantitative estimate of drug-likeness (QED) is 0.121. The number of fused-ring (bicyclic) bond motifs is 2. The normalized spacial score (nSPS) is 14.0. The van der Waals surface area contributed by atoms with E-state index in [-0.39, 0.29) is 0 Å². The number of anilines is 2. The first-order valence-electron chi connectivity index (χ1n) is 15.3. The maximum atomic E-state index is 2.56. The van der Waals surface area contributed by atoms with Crippen LogP contribution in [-0.4, -0.2) is 45.3 Å². The van der Waals surface area contributed by atoms with Crippen molar-refractivity contribution in [2.45, 2.75) is 24.8 Å². The minimum absolute atomic E-state index is 0.938. The molecule has 0 amide bonds. The predicted octanol–water partition coefficient (Wildman–Crippen LogP) is 8.15. The molecule has 4 aromatic carbocycles. The van der Waals surface area contributed by atoms with E-state index in [1.165, 1.54) is 49.1 Å². The Morgan fingerprint density at radius 1 is 0.837 bits per heavy atom. The molecule has 1 aromatic heterocycles. The smallest absolute Gasteiger partial charge is 0.282 e. The molecule has 1 aliphatic heterocycles. The molecule has 0 atom stereocenters. The lowest BCUT2D eigenvalue weighted by molar-refractivity contribution is -0.903. The van der Waals surface area contributed by atoms with Crippen LogP contribution in [-0.2, 0) is 6.54 Å². The number of hydrogen-bond acceptors (Lipinski definition) is 3. The van der Waals surface area contributed by atoms with Gasteiger partial charge in [0, 0.05) is 35.4 Å². The molecule has 0 saturated carbocycles. The predicted molar refractivity (Wildman–Crippen MR) is 184 cm³/mol. The summed E-state index contributed by atoms with van der Waals surface area (Å²) in [6.07, 6.45) is 3.49. The number of rotatable bonds is 10. The summed E-state index contributed by atoms with van der Waals surface area (Å²) in [5, 5.41) is 2.50. The van der Waals surface area contributed by atoms with Crippen molar-refractivity contribution >= 4 is 40.2 Å². The average molecular weight is 587 g/mol. The summed E-state index contributed by atoms with van der Waals surface area (Å²) in [7, 11) is 6.87. The summed E-state index contributed by atoms with van der Waals surface area (Å²) in [4.78, 5) is 6.18. The van der Waals surface area contributed by atoms with Crippen LogP contribution in [0.1, 0.15) is 24.5 Å². The van der Waals surface area contributed by atoms with Gasteiger partial charge in [-0.2, -0.15) is 4.57 Å².